The standard InChI is InChI=1S/C32H50O5/c1-24(2)19-20-32(5,6)31(34)36-22-16-14-12-10-8-7-9-11-13-15-21-35-27-17-18-28-25(3)26(4)30(33)37-29(28)23-27/h17-18,23-24H,7-16,19-22H2,1-6H3. The largest absolute Gasteiger partial charge is 0.493 e. The van der Waals surface area contributed by atoms with Crippen LogP contribution in [0.5, 0.6) is 5.75 Å². The Labute approximate surface area is 224 Å². The van der Waals surface area contributed by atoms with Crippen molar-refractivity contribution in [3.05, 3.63) is 39.7 Å². The number of aryl methyl sites for hydroxylation is 1. The van der Waals surface area contributed by atoms with Crippen molar-refractivity contribution < 1.29 is 18.7 Å². The molecule has 0 atom stereocenters. The molecule has 1 heterocycles. The number of rotatable bonds is 18. The fraction of sp³-hybridized carbons (Fsp3) is 0.688. The summed E-state index contributed by atoms with van der Waals surface area (Å²) in [6.45, 7) is 13.4. The Kier molecular flexibility index (Phi) is 13.2. The van der Waals surface area contributed by atoms with Gasteiger partial charge in [0.2, 0.25) is 0 Å². The van der Waals surface area contributed by atoms with E-state index in [1.54, 1.807) is 6.92 Å². The van der Waals surface area contributed by atoms with Crippen LogP contribution in [0.2, 0.25) is 0 Å². The van der Waals surface area contributed by atoms with Crippen molar-refractivity contribution in [2.45, 2.75) is 119 Å². The fourth-order valence-corrected chi connectivity index (χ4v) is 4.44. The molecule has 0 spiro atoms. The van der Waals surface area contributed by atoms with Crippen LogP contribution in [0, 0.1) is 25.2 Å². The summed E-state index contributed by atoms with van der Waals surface area (Å²) >= 11 is 0. The molecule has 208 valence electrons. The zero-order valence-corrected chi connectivity index (χ0v) is 24.3. The Bertz CT molecular complexity index is 1020. The molecule has 1 aromatic carbocycles. The van der Waals surface area contributed by atoms with Crippen LogP contribution in [0.3, 0.4) is 0 Å². The molecule has 5 nitrogen and oxygen atoms in total. The number of hydrogen-bond donors (Lipinski definition) is 0. The average Bonchev–Trinajstić information content (AvgIpc) is 2.86. The van der Waals surface area contributed by atoms with Gasteiger partial charge in [0.1, 0.15) is 11.3 Å². The molecule has 0 aliphatic heterocycles. The molecule has 1 aromatic heterocycles. The van der Waals surface area contributed by atoms with Gasteiger partial charge in [-0.15, -0.1) is 0 Å². The molecular formula is C32H50O5. The molecule has 2 rings (SSSR count). The van der Waals surface area contributed by atoms with Crippen molar-refractivity contribution >= 4 is 16.9 Å². The lowest BCUT2D eigenvalue weighted by atomic mass is 9.85. The van der Waals surface area contributed by atoms with Crippen LogP contribution in [0.25, 0.3) is 11.0 Å². The van der Waals surface area contributed by atoms with Gasteiger partial charge in [-0.05, 0) is 77.0 Å². The maximum atomic E-state index is 12.3. The number of benzene rings is 1. The summed E-state index contributed by atoms with van der Waals surface area (Å²) < 4.78 is 16.8. The lowest BCUT2D eigenvalue weighted by Crippen LogP contribution is -2.27. The first-order valence-electron chi connectivity index (χ1n) is 14.5. The van der Waals surface area contributed by atoms with Gasteiger partial charge in [-0.1, -0.05) is 65.2 Å². The summed E-state index contributed by atoms with van der Waals surface area (Å²) in [7, 11) is 0. The number of carbonyl (C=O) groups excluding carboxylic acids is 1. The molecule has 0 saturated carbocycles. The molecule has 0 saturated heterocycles. The number of fused-ring (bicyclic) bond motifs is 1. The number of hydrogen-bond acceptors (Lipinski definition) is 5. The van der Waals surface area contributed by atoms with Crippen molar-refractivity contribution in [1.29, 1.82) is 0 Å². The summed E-state index contributed by atoms with van der Waals surface area (Å²) in [5.41, 5.74) is 1.57. The van der Waals surface area contributed by atoms with Crippen molar-refractivity contribution in [3.63, 3.8) is 0 Å². The second-order valence-corrected chi connectivity index (χ2v) is 11.6. The van der Waals surface area contributed by atoms with E-state index < -0.39 is 0 Å². The molecule has 0 aliphatic rings. The third-order valence-electron chi connectivity index (χ3n) is 7.37. The first-order chi connectivity index (χ1) is 17.6. The zero-order chi connectivity index (χ0) is 27.3. The summed E-state index contributed by atoms with van der Waals surface area (Å²) in [5.74, 6) is 1.32. The smallest absolute Gasteiger partial charge is 0.339 e. The molecule has 0 fully saturated rings. The third-order valence-corrected chi connectivity index (χ3v) is 7.37. The highest BCUT2D eigenvalue weighted by atomic mass is 16.5. The Morgan fingerprint density at radius 2 is 1.43 bits per heavy atom. The van der Waals surface area contributed by atoms with Crippen molar-refractivity contribution in [2.75, 3.05) is 13.2 Å². The lowest BCUT2D eigenvalue weighted by molar-refractivity contribution is -0.154. The normalized spacial score (nSPS) is 11.9. The zero-order valence-electron chi connectivity index (χ0n) is 24.3. The molecule has 0 N–H and O–H groups in total. The third kappa shape index (κ3) is 10.9. The van der Waals surface area contributed by atoms with Gasteiger partial charge in [-0.2, -0.15) is 0 Å². The van der Waals surface area contributed by atoms with Crippen LogP contribution in [0.1, 0.15) is 116 Å². The summed E-state index contributed by atoms with van der Waals surface area (Å²) in [5, 5.41) is 0.962. The molecule has 2 aromatic rings. The van der Waals surface area contributed by atoms with Gasteiger partial charge in [-0.25, -0.2) is 4.79 Å². The predicted molar refractivity (Wildman–Crippen MR) is 152 cm³/mol. The van der Waals surface area contributed by atoms with Gasteiger partial charge in [-0.3, -0.25) is 4.79 Å². The highest BCUT2D eigenvalue weighted by Gasteiger charge is 2.29. The average molecular weight is 515 g/mol. The molecule has 5 heteroatoms. The molecular weight excluding hydrogens is 464 g/mol. The second kappa shape index (κ2) is 15.8. The van der Waals surface area contributed by atoms with E-state index in [0.29, 0.717) is 30.3 Å². The monoisotopic (exact) mass is 514 g/mol. The van der Waals surface area contributed by atoms with Gasteiger partial charge < -0.3 is 13.9 Å². The number of esters is 1. The molecule has 37 heavy (non-hydrogen) atoms. The van der Waals surface area contributed by atoms with E-state index in [2.05, 4.69) is 13.8 Å². The van der Waals surface area contributed by atoms with E-state index in [1.807, 2.05) is 39.0 Å². The second-order valence-electron chi connectivity index (χ2n) is 11.6. The summed E-state index contributed by atoms with van der Waals surface area (Å²) in [4.78, 5) is 24.2. The Balaban J connectivity index is 1.44. The number of ether oxygens (including phenoxy) is 2. The highest BCUT2D eigenvalue weighted by Crippen LogP contribution is 2.27. The van der Waals surface area contributed by atoms with Crippen molar-refractivity contribution in [3.8, 4) is 5.75 Å². The van der Waals surface area contributed by atoms with Gasteiger partial charge in [0.05, 0.1) is 18.6 Å². The van der Waals surface area contributed by atoms with Gasteiger partial charge in [0.15, 0.2) is 0 Å². The number of unbranched alkanes of at least 4 members (excludes halogenated alkanes) is 9. The Hall–Kier alpha value is -2.30. The minimum atomic E-state index is -0.371. The number of carbonyl (C=O) groups is 1. The van der Waals surface area contributed by atoms with Crippen LogP contribution in [0.4, 0.5) is 0 Å². The fourth-order valence-electron chi connectivity index (χ4n) is 4.44. The highest BCUT2D eigenvalue weighted by molar-refractivity contribution is 5.82. The van der Waals surface area contributed by atoms with E-state index in [9.17, 15) is 9.59 Å². The summed E-state index contributed by atoms with van der Waals surface area (Å²) in [6, 6.07) is 5.74. The van der Waals surface area contributed by atoms with Crippen LogP contribution in [0.15, 0.2) is 27.4 Å². The van der Waals surface area contributed by atoms with E-state index in [1.165, 1.54) is 44.9 Å². The first-order valence-corrected chi connectivity index (χ1v) is 14.5. The lowest BCUT2D eigenvalue weighted by Gasteiger charge is -2.23. The molecule has 0 amide bonds. The van der Waals surface area contributed by atoms with E-state index in [0.717, 1.165) is 48.8 Å². The molecule has 0 unspecified atom stereocenters. The minimum Gasteiger partial charge on any atom is -0.493 e. The van der Waals surface area contributed by atoms with E-state index in [4.69, 9.17) is 13.9 Å². The molecule has 0 radical (unpaired) electrons. The van der Waals surface area contributed by atoms with Crippen LogP contribution >= 0.6 is 0 Å². The first kappa shape index (κ1) is 30.9. The van der Waals surface area contributed by atoms with E-state index in [-0.39, 0.29) is 17.0 Å². The molecule has 0 aliphatic carbocycles. The maximum Gasteiger partial charge on any atom is 0.339 e. The van der Waals surface area contributed by atoms with Gasteiger partial charge in [0.25, 0.3) is 0 Å². The SMILES string of the molecule is Cc1c(C)c2ccc(OCCCCCCCCCCCCOC(=O)C(C)(C)CCC(C)C)cc2oc1=O. The van der Waals surface area contributed by atoms with Gasteiger partial charge >= 0.3 is 11.6 Å². The molecule has 0 bridgehead atoms. The maximum absolute atomic E-state index is 12.3. The minimum absolute atomic E-state index is 0.0469. The van der Waals surface area contributed by atoms with Crippen LogP contribution < -0.4 is 10.4 Å². The Morgan fingerprint density at radius 1 is 0.865 bits per heavy atom. The van der Waals surface area contributed by atoms with Crippen LogP contribution in [-0.2, 0) is 9.53 Å². The van der Waals surface area contributed by atoms with Crippen molar-refractivity contribution in [1.82, 2.24) is 0 Å². The summed E-state index contributed by atoms with van der Waals surface area (Å²) in [6.07, 6.45) is 13.8. The topological polar surface area (TPSA) is 65.7 Å². The van der Waals surface area contributed by atoms with Crippen LogP contribution in [-0.4, -0.2) is 19.2 Å². The Morgan fingerprint density at radius 3 is 2.03 bits per heavy atom. The van der Waals surface area contributed by atoms with Gasteiger partial charge in [0, 0.05) is 17.0 Å². The van der Waals surface area contributed by atoms with Crippen molar-refractivity contribution in [2.24, 2.45) is 11.3 Å². The van der Waals surface area contributed by atoms with E-state index >= 15 is 0 Å². The quantitative estimate of drug-likeness (QED) is 0.113. The predicted octanol–water partition coefficient (Wildman–Crippen LogP) is 8.70.